The maximum absolute atomic E-state index is 13.5. The summed E-state index contributed by atoms with van der Waals surface area (Å²) in [6.07, 6.45) is 1.33. The number of likely N-dealkylation sites (tertiary alicyclic amines) is 1. The monoisotopic (exact) mass is 625 g/mol. The zero-order valence-electron chi connectivity index (χ0n) is 25.9. The predicted octanol–water partition coefficient (Wildman–Crippen LogP) is 2.19. The second kappa shape index (κ2) is 15.2. The molecule has 2 aliphatic rings. The fraction of sp³-hybridized carbons (Fsp3) is 0.343. The van der Waals surface area contributed by atoms with Crippen LogP contribution in [-0.2, 0) is 38.7 Å². The number of nitrogens with zero attached hydrogens (tertiary/aromatic N) is 2. The summed E-state index contributed by atoms with van der Waals surface area (Å²) in [6.45, 7) is 1.82. The highest BCUT2D eigenvalue weighted by Gasteiger charge is 2.30. The van der Waals surface area contributed by atoms with Gasteiger partial charge in [-0.1, -0.05) is 66.7 Å². The van der Waals surface area contributed by atoms with E-state index in [-0.39, 0.29) is 49.9 Å². The smallest absolute Gasteiger partial charge is 0.255 e. The Labute approximate surface area is 268 Å². The van der Waals surface area contributed by atoms with E-state index in [2.05, 4.69) is 16.0 Å². The first-order valence-electron chi connectivity index (χ1n) is 15.5. The van der Waals surface area contributed by atoms with Gasteiger partial charge in [-0.3, -0.25) is 24.0 Å². The number of hydrogen-bond acceptors (Lipinski definition) is 6. The third kappa shape index (κ3) is 8.50. The van der Waals surface area contributed by atoms with E-state index >= 15 is 0 Å². The van der Waals surface area contributed by atoms with Crippen molar-refractivity contribution in [3.05, 3.63) is 101 Å². The Morgan fingerprint density at radius 1 is 0.870 bits per heavy atom. The van der Waals surface area contributed by atoms with Crippen LogP contribution in [0.25, 0.3) is 0 Å². The van der Waals surface area contributed by atoms with E-state index in [0.717, 1.165) is 29.7 Å². The molecule has 0 saturated carbocycles. The maximum atomic E-state index is 13.5. The largest absolute Gasteiger partial charge is 0.491 e. The maximum Gasteiger partial charge on any atom is 0.255 e. The molecule has 2 heterocycles. The normalized spacial score (nSPS) is 19.4. The van der Waals surface area contributed by atoms with Gasteiger partial charge in [-0.2, -0.15) is 0 Å². The summed E-state index contributed by atoms with van der Waals surface area (Å²) in [5, 5.41) is 8.34. The Bertz CT molecular complexity index is 1560. The number of ether oxygens (including phenoxy) is 1. The van der Waals surface area contributed by atoms with Gasteiger partial charge in [0, 0.05) is 39.5 Å². The SMILES string of the molecule is CN1CCOc2ccccc2C(=O)N[C@H](C(=O)NCc2ccc(CN3CCCC3=O)cc2)CC(=O)N[C@@H](Cc2ccccc2)C1=O. The molecule has 5 amide bonds. The van der Waals surface area contributed by atoms with Crippen LogP contribution in [0.5, 0.6) is 5.75 Å². The predicted molar refractivity (Wildman–Crippen MR) is 170 cm³/mol. The molecule has 1 fully saturated rings. The molecule has 0 radical (unpaired) electrons. The number of para-hydroxylation sites is 1. The number of fused-ring (bicyclic) bond motifs is 1. The average Bonchev–Trinajstić information content (AvgIpc) is 3.47. The van der Waals surface area contributed by atoms with Crippen LogP contribution in [0.3, 0.4) is 0 Å². The summed E-state index contributed by atoms with van der Waals surface area (Å²) in [6, 6.07) is 21.4. The summed E-state index contributed by atoms with van der Waals surface area (Å²) in [5.41, 5.74) is 2.88. The first-order valence-corrected chi connectivity index (χ1v) is 15.5. The van der Waals surface area contributed by atoms with E-state index in [1.54, 1.807) is 31.3 Å². The van der Waals surface area contributed by atoms with Crippen molar-refractivity contribution in [1.82, 2.24) is 25.8 Å². The van der Waals surface area contributed by atoms with Crippen molar-refractivity contribution in [1.29, 1.82) is 0 Å². The van der Waals surface area contributed by atoms with Crippen molar-refractivity contribution in [2.24, 2.45) is 0 Å². The number of amides is 5. The van der Waals surface area contributed by atoms with Gasteiger partial charge in [-0.25, -0.2) is 0 Å². The highest BCUT2D eigenvalue weighted by atomic mass is 16.5. The molecule has 0 aliphatic carbocycles. The number of hydrogen-bond donors (Lipinski definition) is 3. The van der Waals surface area contributed by atoms with Crippen LogP contribution in [0, 0.1) is 0 Å². The average molecular weight is 626 g/mol. The molecule has 0 aromatic heterocycles. The first kappa shape index (κ1) is 32.2. The molecular formula is C35H39N5O6. The molecule has 2 aliphatic heterocycles. The van der Waals surface area contributed by atoms with Gasteiger partial charge in [0.1, 0.15) is 24.4 Å². The molecule has 0 unspecified atom stereocenters. The molecular weight excluding hydrogens is 586 g/mol. The van der Waals surface area contributed by atoms with Crippen LogP contribution < -0.4 is 20.7 Å². The molecule has 5 rings (SSSR count). The Morgan fingerprint density at radius 3 is 2.33 bits per heavy atom. The molecule has 240 valence electrons. The quantitative estimate of drug-likeness (QED) is 0.368. The van der Waals surface area contributed by atoms with Crippen LogP contribution in [0.2, 0.25) is 0 Å². The summed E-state index contributed by atoms with van der Waals surface area (Å²) >= 11 is 0. The molecule has 2 atom stereocenters. The zero-order valence-corrected chi connectivity index (χ0v) is 25.9. The van der Waals surface area contributed by atoms with Crippen molar-refractivity contribution in [2.75, 3.05) is 26.7 Å². The van der Waals surface area contributed by atoms with Gasteiger partial charge in [0.25, 0.3) is 5.91 Å². The number of nitrogens with one attached hydrogen (secondary N) is 3. The molecule has 3 N–H and O–H groups in total. The lowest BCUT2D eigenvalue weighted by molar-refractivity contribution is -0.136. The van der Waals surface area contributed by atoms with Crippen LogP contribution in [0.15, 0.2) is 78.9 Å². The van der Waals surface area contributed by atoms with Gasteiger partial charge in [-0.15, -0.1) is 0 Å². The van der Waals surface area contributed by atoms with E-state index in [1.165, 1.54) is 4.90 Å². The second-order valence-corrected chi connectivity index (χ2v) is 11.6. The number of carbonyl (C=O) groups is 5. The van der Waals surface area contributed by atoms with Crippen LogP contribution in [-0.4, -0.2) is 78.2 Å². The van der Waals surface area contributed by atoms with E-state index in [0.29, 0.717) is 18.7 Å². The van der Waals surface area contributed by atoms with Gasteiger partial charge in [-0.05, 0) is 35.2 Å². The Balaban J connectivity index is 1.32. The van der Waals surface area contributed by atoms with Crippen molar-refractivity contribution >= 4 is 29.5 Å². The van der Waals surface area contributed by atoms with Crippen molar-refractivity contribution in [3.63, 3.8) is 0 Å². The fourth-order valence-corrected chi connectivity index (χ4v) is 5.55. The third-order valence-electron chi connectivity index (χ3n) is 8.15. The first-order chi connectivity index (χ1) is 22.3. The van der Waals surface area contributed by atoms with Gasteiger partial charge in [0.2, 0.25) is 23.6 Å². The third-order valence-corrected chi connectivity index (χ3v) is 8.15. The topological polar surface area (TPSA) is 137 Å². The minimum Gasteiger partial charge on any atom is -0.491 e. The summed E-state index contributed by atoms with van der Waals surface area (Å²) in [4.78, 5) is 69.0. The van der Waals surface area contributed by atoms with Gasteiger partial charge in [0.15, 0.2) is 0 Å². The Kier molecular flexibility index (Phi) is 10.6. The standard InChI is InChI=1S/C35H39N5O6/c1-39-18-19-46-30-11-6-5-10-27(30)33(43)38-28(21-31(41)37-29(35(39)45)20-24-8-3-2-4-9-24)34(44)36-22-25-13-15-26(16-14-25)23-40-17-7-12-32(40)42/h2-6,8-11,13-16,28-29H,7,12,17-23H2,1H3,(H,36,44)(H,37,41)(H,38,43)/t28-,29-/m0/s1. The number of likely N-dealkylation sites (N-methyl/N-ethyl adjacent to an activating group) is 1. The molecule has 3 aromatic rings. The van der Waals surface area contributed by atoms with Gasteiger partial charge >= 0.3 is 0 Å². The Morgan fingerprint density at radius 2 is 1.59 bits per heavy atom. The summed E-state index contributed by atoms with van der Waals surface area (Å²) < 4.78 is 5.89. The lowest BCUT2D eigenvalue weighted by atomic mass is 10.0. The second-order valence-electron chi connectivity index (χ2n) is 11.6. The molecule has 0 spiro atoms. The van der Waals surface area contributed by atoms with Gasteiger partial charge in [0.05, 0.1) is 18.5 Å². The number of carbonyl (C=O) groups excluding carboxylic acids is 5. The lowest BCUT2D eigenvalue weighted by Crippen LogP contribution is -2.53. The van der Waals surface area contributed by atoms with E-state index in [4.69, 9.17) is 4.74 Å². The van der Waals surface area contributed by atoms with Crippen molar-refractivity contribution in [3.8, 4) is 5.75 Å². The van der Waals surface area contributed by atoms with Crippen LogP contribution >= 0.6 is 0 Å². The zero-order chi connectivity index (χ0) is 32.5. The molecule has 1 saturated heterocycles. The minimum absolute atomic E-state index is 0.121. The van der Waals surface area contributed by atoms with E-state index in [9.17, 15) is 24.0 Å². The van der Waals surface area contributed by atoms with E-state index in [1.807, 2.05) is 59.5 Å². The number of rotatable bonds is 7. The van der Waals surface area contributed by atoms with Crippen LogP contribution in [0.1, 0.15) is 46.3 Å². The summed E-state index contributed by atoms with van der Waals surface area (Å²) in [7, 11) is 1.63. The summed E-state index contributed by atoms with van der Waals surface area (Å²) in [5.74, 6) is -1.50. The van der Waals surface area contributed by atoms with Gasteiger partial charge < -0.3 is 30.5 Å². The molecule has 11 heteroatoms. The minimum atomic E-state index is -1.23. The fourth-order valence-electron chi connectivity index (χ4n) is 5.55. The highest BCUT2D eigenvalue weighted by Crippen LogP contribution is 2.19. The Hall–Kier alpha value is -5.19. The number of benzene rings is 3. The van der Waals surface area contributed by atoms with E-state index < -0.39 is 29.8 Å². The molecule has 3 aromatic carbocycles. The molecule has 0 bridgehead atoms. The highest BCUT2D eigenvalue weighted by molar-refractivity contribution is 6.01. The molecule has 46 heavy (non-hydrogen) atoms. The van der Waals surface area contributed by atoms with Crippen molar-refractivity contribution in [2.45, 2.75) is 50.9 Å². The van der Waals surface area contributed by atoms with Crippen LogP contribution in [0.4, 0.5) is 0 Å². The molecule has 11 nitrogen and oxygen atoms in total. The lowest BCUT2D eigenvalue weighted by Gasteiger charge is -2.27. The van der Waals surface area contributed by atoms with Crippen molar-refractivity contribution < 1.29 is 28.7 Å².